The van der Waals surface area contributed by atoms with Crippen LogP contribution in [0.25, 0.3) is 22.2 Å². The molecule has 5 rings (SSSR count). The van der Waals surface area contributed by atoms with Crippen molar-refractivity contribution in [3.8, 4) is 28.8 Å². The van der Waals surface area contributed by atoms with Crippen LogP contribution >= 0.6 is 0 Å². The lowest BCUT2D eigenvalue weighted by atomic mass is 10.0. The molecule has 0 aromatic carbocycles. The summed E-state index contributed by atoms with van der Waals surface area (Å²) in [6.07, 6.45) is 9.11. The standard InChI is InChI=1S/C28H28N6O3/c1-28(2,35)18-37-23-10-24(27-22(11-29)14-32-34(27)17-23)20-5-6-25(30-13-20)21-8-9-33(16-21)15-19-4-7-26(36-3)31-12-19/h4-8,10,12-14,17,35H,9,15-16,18H2,1-3H3. The lowest BCUT2D eigenvalue weighted by Gasteiger charge is -2.18. The largest absolute Gasteiger partial charge is 0.489 e. The number of hydrogen-bond donors (Lipinski definition) is 1. The molecule has 0 amide bonds. The fourth-order valence-electron chi connectivity index (χ4n) is 4.28. The Morgan fingerprint density at radius 1 is 1.14 bits per heavy atom. The van der Waals surface area contributed by atoms with Crippen molar-refractivity contribution in [1.29, 1.82) is 5.26 Å². The molecule has 0 fully saturated rings. The molecule has 0 aliphatic carbocycles. The van der Waals surface area contributed by atoms with Crippen LogP contribution in [0.1, 0.15) is 30.7 Å². The summed E-state index contributed by atoms with van der Waals surface area (Å²) in [7, 11) is 1.61. The number of ether oxygens (including phenoxy) is 2. The quantitative estimate of drug-likeness (QED) is 0.393. The zero-order valence-electron chi connectivity index (χ0n) is 21.0. The number of hydrogen-bond acceptors (Lipinski definition) is 8. The van der Waals surface area contributed by atoms with Gasteiger partial charge in [-0.2, -0.15) is 10.4 Å². The van der Waals surface area contributed by atoms with Crippen LogP contribution in [0.15, 0.2) is 61.2 Å². The smallest absolute Gasteiger partial charge is 0.212 e. The highest BCUT2D eigenvalue weighted by Crippen LogP contribution is 2.32. The summed E-state index contributed by atoms with van der Waals surface area (Å²) >= 11 is 0. The molecule has 0 radical (unpaired) electrons. The predicted octanol–water partition coefficient (Wildman–Crippen LogP) is 3.72. The first-order valence-corrected chi connectivity index (χ1v) is 12.0. The van der Waals surface area contributed by atoms with E-state index in [2.05, 4.69) is 27.1 Å². The summed E-state index contributed by atoms with van der Waals surface area (Å²) in [4.78, 5) is 11.4. The van der Waals surface area contributed by atoms with Crippen LogP contribution in [0.2, 0.25) is 0 Å². The SMILES string of the molecule is COc1ccc(CN2CC=C(c3ccc(-c4cc(OCC(C)(C)O)cn5ncc(C#N)c45)cn3)C2)cn1. The minimum atomic E-state index is -0.979. The van der Waals surface area contributed by atoms with Crippen molar-refractivity contribution < 1.29 is 14.6 Å². The molecule has 0 spiro atoms. The third-order valence-corrected chi connectivity index (χ3v) is 6.11. The average Bonchev–Trinajstić information content (AvgIpc) is 3.54. The number of nitriles is 1. The van der Waals surface area contributed by atoms with Crippen LogP contribution in [0.5, 0.6) is 11.6 Å². The lowest BCUT2D eigenvalue weighted by Crippen LogP contribution is -2.27. The minimum absolute atomic E-state index is 0.124. The van der Waals surface area contributed by atoms with E-state index in [9.17, 15) is 10.4 Å². The van der Waals surface area contributed by atoms with Crippen LogP contribution in [0.3, 0.4) is 0 Å². The second-order valence-electron chi connectivity index (χ2n) is 9.69. The highest BCUT2D eigenvalue weighted by Gasteiger charge is 2.19. The van der Waals surface area contributed by atoms with Crippen molar-refractivity contribution >= 4 is 11.1 Å². The molecule has 0 atom stereocenters. The molecule has 37 heavy (non-hydrogen) atoms. The minimum Gasteiger partial charge on any atom is -0.489 e. The van der Waals surface area contributed by atoms with E-state index in [1.807, 2.05) is 42.7 Å². The third-order valence-electron chi connectivity index (χ3n) is 6.11. The van der Waals surface area contributed by atoms with Crippen LogP contribution in [-0.2, 0) is 6.54 Å². The maximum absolute atomic E-state index is 10.1. The molecule has 0 unspecified atom stereocenters. The molecule has 1 N–H and O–H groups in total. The second-order valence-corrected chi connectivity index (χ2v) is 9.69. The summed E-state index contributed by atoms with van der Waals surface area (Å²) in [5, 5.41) is 24.0. The van der Waals surface area contributed by atoms with Crippen molar-refractivity contribution in [2.45, 2.75) is 26.0 Å². The Kier molecular flexibility index (Phi) is 6.61. The Bertz CT molecular complexity index is 1480. The van der Waals surface area contributed by atoms with Gasteiger partial charge in [0, 0.05) is 49.2 Å². The summed E-state index contributed by atoms with van der Waals surface area (Å²) in [5.74, 6) is 1.15. The van der Waals surface area contributed by atoms with Crippen LogP contribution < -0.4 is 9.47 Å². The molecule has 5 heterocycles. The first-order chi connectivity index (χ1) is 17.8. The van der Waals surface area contributed by atoms with Crippen molar-refractivity contribution in [2.24, 2.45) is 0 Å². The van der Waals surface area contributed by atoms with Gasteiger partial charge in [0.2, 0.25) is 5.88 Å². The molecule has 4 aromatic heterocycles. The van der Waals surface area contributed by atoms with E-state index in [1.165, 1.54) is 11.8 Å². The molecule has 9 nitrogen and oxygen atoms in total. The van der Waals surface area contributed by atoms with E-state index in [-0.39, 0.29) is 6.61 Å². The van der Waals surface area contributed by atoms with Gasteiger partial charge in [-0.3, -0.25) is 9.88 Å². The first-order valence-electron chi connectivity index (χ1n) is 12.0. The maximum Gasteiger partial charge on any atom is 0.212 e. The molecule has 188 valence electrons. The van der Waals surface area contributed by atoms with Crippen molar-refractivity contribution in [1.82, 2.24) is 24.5 Å². The fraction of sp³-hybridized carbons (Fsp3) is 0.286. The highest BCUT2D eigenvalue weighted by atomic mass is 16.5. The Morgan fingerprint density at radius 3 is 2.68 bits per heavy atom. The van der Waals surface area contributed by atoms with E-state index in [0.29, 0.717) is 22.7 Å². The van der Waals surface area contributed by atoms with Crippen molar-refractivity contribution in [2.75, 3.05) is 26.8 Å². The molecule has 1 aliphatic heterocycles. The monoisotopic (exact) mass is 496 g/mol. The first kappa shape index (κ1) is 24.4. The number of fused-ring (bicyclic) bond motifs is 1. The van der Waals surface area contributed by atoms with E-state index < -0.39 is 5.60 Å². The Morgan fingerprint density at radius 2 is 2.00 bits per heavy atom. The summed E-state index contributed by atoms with van der Waals surface area (Å²) < 4.78 is 12.6. The molecule has 0 bridgehead atoms. The van der Waals surface area contributed by atoms with E-state index in [4.69, 9.17) is 14.5 Å². The van der Waals surface area contributed by atoms with Gasteiger partial charge in [0.25, 0.3) is 0 Å². The van der Waals surface area contributed by atoms with Gasteiger partial charge >= 0.3 is 0 Å². The van der Waals surface area contributed by atoms with Crippen molar-refractivity contribution in [3.63, 3.8) is 0 Å². The average molecular weight is 497 g/mol. The highest BCUT2D eigenvalue weighted by molar-refractivity contribution is 5.85. The Balaban J connectivity index is 1.35. The molecule has 1 aliphatic rings. The third kappa shape index (κ3) is 5.45. The molecule has 0 saturated heterocycles. The second kappa shape index (κ2) is 10.0. The van der Waals surface area contributed by atoms with Crippen LogP contribution in [-0.4, -0.2) is 62.0 Å². The molecular formula is C28H28N6O3. The Hall–Kier alpha value is -4.26. The van der Waals surface area contributed by atoms with Gasteiger partial charge in [0.15, 0.2) is 0 Å². The van der Waals surface area contributed by atoms with Crippen LogP contribution in [0, 0.1) is 11.3 Å². The molecule has 0 saturated carbocycles. The van der Waals surface area contributed by atoms with Gasteiger partial charge in [-0.05, 0) is 37.1 Å². The Labute approximate surface area is 215 Å². The maximum atomic E-state index is 10.1. The van der Waals surface area contributed by atoms with Gasteiger partial charge in [-0.1, -0.05) is 18.2 Å². The lowest BCUT2D eigenvalue weighted by molar-refractivity contribution is 0.0283. The molecule has 4 aromatic rings. The van der Waals surface area contributed by atoms with Crippen LogP contribution in [0.4, 0.5) is 0 Å². The number of aliphatic hydroxyl groups is 1. The predicted molar refractivity (Wildman–Crippen MR) is 139 cm³/mol. The number of rotatable bonds is 8. The van der Waals surface area contributed by atoms with Crippen molar-refractivity contribution in [3.05, 3.63) is 78.0 Å². The summed E-state index contributed by atoms with van der Waals surface area (Å²) in [6.45, 7) is 5.92. The zero-order valence-corrected chi connectivity index (χ0v) is 21.0. The van der Waals surface area contributed by atoms with E-state index in [0.717, 1.165) is 42.0 Å². The zero-order chi connectivity index (χ0) is 26.0. The number of methoxy groups -OCH3 is 1. The summed E-state index contributed by atoms with van der Waals surface area (Å²) in [6, 6.07) is 12.0. The van der Waals surface area contributed by atoms with E-state index in [1.54, 1.807) is 31.7 Å². The topological polar surface area (TPSA) is 109 Å². The fourth-order valence-corrected chi connectivity index (χ4v) is 4.28. The number of pyridine rings is 3. The van der Waals surface area contributed by atoms with E-state index >= 15 is 0 Å². The number of aromatic nitrogens is 4. The van der Waals surface area contributed by atoms with Gasteiger partial charge in [-0.25, -0.2) is 9.50 Å². The van der Waals surface area contributed by atoms with Gasteiger partial charge in [0.05, 0.1) is 41.9 Å². The van der Waals surface area contributed by atoms with Gasteiger partial charge in [-0.15, -0.1) is 0 Å². The normalized spacial score (nSPS) is 14.0. The summed E-state index contributed by atoms with van der Waals surface area (Å²) in [5.41, 5.74) is 5.02. The molecule has 9 heteroatoms. The molecular weight excluding hydrogens is 468 g/mol. The van der Waals surface area contributed by atoms with Gasteiger partial charge < -0.3 is 14.6 Å². The number of nitrogens with zero attached hydrogens (tertiary/aromatic N) is 6. The van der Waals surface area contributed by atoms with Gasteiger partial charge in [0.1, 0.15) is 18.4 Å².